The van der Waals surface area contributed by atoms with E-state index < -0.39 is 0 Å². The first-order valence-corrected chi connectivity index (χ1v) is 6.51. The van der Waals surface area contributed by atoms with Gasteiger partial charge >= 0.3 is 0 Å². The number of aryl methyl sites for hydroxylation is 1. The average molecular weight is 239 g/mol. The molecule has 1 unspecified atom stereocenters. The zero-order valence-electron chi connectivity index (χ0n) is 10.2. The number of unbranched alkanes of at least 4 members (excludes halogenated alkanes) is 1. The largest absolute Gasteiger partial charge is 0.378 e. The molecule has 96 valence electrons. The molecule has 0 spiro atoms. The molecule has 0 amide bonds. The number of aromatic nitrogens is 2. The van der Waals surface area contributed by atoms with Gasteiger partial charge in [0.2, 0.25) is 5.89 Å². The van der Waals surface area contributed by atoms with Crippen molar-refractivity contribution in [3.8, 4) is 0 Å². The van der Waals surface area contributed by atoms with E-state index in [-0.39, 0.29) is 6.10 Å². The minimum atomic E-state index is 0.276. The molecule has 1 fully saturated rings. The Kier molecular flexibility index (Phi) is 4.94. The van der Waals surface area contributed by atoms with Gasteiger partial charge in [-0.2, -0.15) is 4.98 Å². The molecule has 5 nitrogen and oxygen atoms in total. The topological polar surface area (TPSA) is 74.2 Å². The Hall–Kier alpha value is -0.940. The molecule has 1 atom stereocenters. The predicted molar refractivity (Wildman–Crippen MR) is 63.6 cm³/mol. The average Bonchev–Trinajstić information content (AvgIpc) is 2.79. The second-order valence-electron chi connectivity index (χ2n) is 4.54. The third-order valence-electron chi connectivity index (χ3n) is 3.04. The van der Waals surface area contributed by atoms with Crippen molar-refractivity contribution in [1.29, 1.82) is 0 Å². The number of ether oxygens (including phenoxy) is 1. The standard InChI is InChI=1S/C12H21N3O2/c13-7-3-1-6-12-14-11(15-17-12)9-10-5-2-4-8-16-10/h10H,1-9,13H2. The van der Waals surface area contributed by atoms with Crippen LogP contribution in [-0.4, -0.2) is 29.4 Å². The van der Waals surface area contributed by atoms with Gasteiger partial charge in [0, 0.05) is 19.4 Å². The molecular formula is C12H21N3O2. The Morgan fingerprint density at radius 2 is 2.24 bits per heavy atom. The third kappa shape index (κ3) is 4.09. The fraction of sp³-hybridized carbons (Fsp3) is 0.833. The molecule has 1 aliphatic heterocycles. The molecule has 1 aromatic heterocycles. The third-order valence-corrected chi connectivity index (χ3v) is 3.04. The van der Waals surface area contributed by atoms with E-state index >= 15 is 0 Å². The second kappa shape index (κ2) is 6.71. The van der Waals surface area contributed by atoms with E-state index in [1.165, 1.54) is 12.8 Å². The molecule has 2 N–H and O–H groups in total. The quantitative estimate of drug-likeness (QED) is 0.761. The van der Waals surface area contributed by atoms with E-state index in [0.29, 0.717) is 0 Å². The van der Waals surface area contributed by atoms with Gasteiger partial charge in [-0.15, -0.1) is 0 Å². The van der Waals surface area contributed by atoms with Crippen LogP contribution >= 0.6 is 0 Å². The van der Waals surface area contributed by atoms with Crippen LogP contribution in [-0.2, 0) is 17.6 Å². The summed E-state index contributed by atoms with van der Waals surface area (Å²) in [5.74, 6) is 1.50. The van der Waals surface area contributed by atoms with Gasteiger partial charge < -0.3 is 15.0 Å². The highest BCUT2D eigenvalue weighted by molar-refractivity contribution is 4.89. The normalized spacial score (nSPS) is 20.6. The summed E-state index contributed by atoms with van der Waals surface area (Å²) in [5.41, 5.74) is 5.44. The fourth-order valence-corrected chi connectivity index (χ4v) is 2.07. The van der Waals surface area contributed by atoms with Crippen molar-refractivity contribution in [1.82, 2.24) is 10.1 Å². The molecule has 0 aromatic carbocycles. The van der Waals surface area contributed by atoms with E-state index in [9.17, 15) is 0 Å². The van der Waals surface area contributed by atoms with Gasteiger partial charge in [0.1, 0.15) is 0 Å². The number of nitrogens with two attached hydrogens (primary N) is 1. The maximum atomic E-state index is 5.65. The van der Waals surface area contributed by atoms with Gasteiger partial charge in [0.05, 0.1) is 6.10 Å². The van der Waals surface area contributed by atoms with Crippen molar-refractivity contribution in [3.63, 3.8) is 0 Å². The second-order valence-corrected chi connectivity index (χ2v) is 4.54. The van der Waals surface area contributed by atoms with Crippen LogP contribution in [0.2, 0.25) is 0 Å². The molecule has 0 bridgehead atoms. The van der Waals surface area contributed by atoms with Gasteiger partial charge in [-0.25, -0.2) is 0 Å². The molecule has 0 radical (unpaired) electrons. The molecule has 1 aromatic rings. The first-order chi connectivity index (χ1) is 8.38. The summed E-state index contributed by atoms with van der Waals surface area (Å²) in [7, 11) is 0. The van der Waals surface area contributed by atoms with Crippen LogP contribution in [0.25, 0.3) is 0 Å². The summed E-state index contributed by atoms with van der Waals surface area (Å²) in [6, 6.07) is 0. The van der Waals surface area contributed by atoms with Crippen molar-refractivity contribution >= 4 is 0 Å². The highest BCUT2D eigenvalue weighted by Gasteiger charge is 2.17. The Balaban J connectivity index is 1.76. The molecular weight excluding hydrogens is 218 g/mol. The molecule has 2 heterocycles. The maximum Gasteiger partial charge on any atom is 0.226 e. The van der Waals surface area contributed by atoms with Gasteiger partial charge in [0.25, 0.3) is 0 Å². The molecule has 0 aliphatic carbocycles. The number of hydrogen-bond donors (Lipinski definition) is 1. The zero-order chi connectivity index (χ0) is 11.9. The van der Waals surface area contributed by atoms with Crippen molar-refractivity contribution in [2.45, 2.75) is 51.0 Å². The van der Waals surface area contributed by atoms with E-state index in [1.54, 1.807) is 0 Å². The molecule has 0 saturated carbocycles. The van der Waals surface area contributed by atoms with Crippen molar-refractivity contribution < 1.29 is 9.26 Å². The summed E-state index contributed by atoms with van der Waals surface area (Å²) >= 11 is 0. The molecule has 17 heavy (non-hydrogen) atoms. The number of nitrogens with zero attached hydrogens (tertiary/aromatic N) is 2. The van der Waals surface area contributed by atoms with Gasteiger partial charge in [0.15, 0.2) is 5.82 Å². The maximum absolute atomic E-state index is 5.65. The lowest BCUT2D eigenvalue weighted by atomic mass is 10.1. The van der Waals surface area contributed by atoms with Gasteiger partial charge in [-0.3, -0.25) is 0 Å². The Morgan fingerprint density at radius 1 is 1.29 bits per heavy atom. The van der Waals surface area contributed by atoms with E-state index in [0.717, 1.165) is 57.0 Å². The lowest BCUT2D eigenvalue weighted by Crippen LogP contribution is -2.21. The number of hydrogen-bond acceptors (Lipinski definition) is 5. The fourth-order valence-electron chi connectivity index (χ4n) is 2.07. The van der Waals surface area contributed by atoms with Crippen LogP contribution in [0.1, 0.15) is 43.8 Å². The summed E-state index contributed by atoms with van der Waals surface area (Å²) < 4.78 is 10.8. The van der Waals surface area contributed by atoms with Gasteiger partial charge in [-0.1, -0.05) is 5.16 Å². The van der Waals surface area contributed by atoms with Crippen molar-refractivity contribution in [3.05, 3.63) is 11.7 Å². The zero-order valence-corrected chi connectivity index (χ0v) is 10.2. The van der Waals surface area contributed by atoms with Crippen LogP contribution in [0.4, 0.5) is 0 Å². The minimum absolute atomic E-state index is 0.276. The van der Waals surface area contributed by atoms with E-state index in [4.69, 9.17) is 15.0 Å². The summed E-state index contributed by atoms with van der Waals surface area (Å²) in [5, 5.41) is 3.99. The summed E-state index contributed by atoms with van der Waals surface area (Å²) in [6.45, 7) is 1.59. The Morgan fingerprint density at radius 3 is 3.00 bits per heavy atom. The Bertz CT molecular complexity index is 321. The lowest BCUT2D eigenvalue weighted by molar-refractivity contribution is 0.0153. The predicted octanol–water partition coefficient (Wildman–Crippen LogP) is 1.46. The first kappa shape index (κ1) is 12.5. The summed E-state index contributed by atoms with van der Waals surface area (Å²) in [4.78, 5) is 4.38. The highest BCUT2D eigenvalue weighted by atomic mass is 16.5. The summed E-state index contributed by atoms with van der Waals surface area (Å²) in [6.07, 6.45) is 7.42. The van der Waals surface area contributed by atoms with Crippen LogP contribution in [0, 0.1) is 0 Å². The Labute approximate surface area is 102 Å². The van der Waals surface area contributed by atoms with Crippen molar-refractivity contribution in [2.24, 2.45) is 5.73 Å². The van der Waals surface area contributed by atoms with Crippen LogP contribution in [0.3, 0.4) is 0 Å². The lowest BCUT2D eigenvalue weighted by Gasteiger charge is -2.20. The minimum Gasteiger partial charge on any atom is -0.378 e. The van der Waals surface area contributed by atoms with E-state index in [1.807, 2.05) is 0 Å². The SMILES string of the molecule is NCCCCc1nc(CC2CCCCO2)no1. The first-order valence-electron chi connectivity index (χ1n) is 6.51. The van der Waals surface area contributed by atoms with Crippen molar-refractivity contribution in [2.75, 3.05) is 13.2 Å². The van der Waals surface area contributed by atoms with Crippen LogP contribution in [0.5, 0.6) is 0 Å². The van der Waals surface area contributed by atoms with Gasteiger partial charge in [-0.05, 0) is 38.6 Å². The van der Waals surface area contributed by atoms with E-state index in [2.05, 4.69) is 10.1 Å². The molecule has 1 saturated heterocycles. The smallest absolute Gasteiger partial charge is 0.226 e. The van der Waals surface area contributed by atoms with Crippen LogP contribution < -0.4 is 5.73 Å². The monoisotopic (exact) mass is 239 g/mol. The highest BCUT2D eigenvalue weighted by Crippen LogP contribution is 2.16. The molecule has 2 rings (SSSR count). The number of rotatable bonds is 6. The molecule has 5 heteroatoms. The van der Waals surface area contributed by atoms with Crippen LogP contribution in [0.15, 0.2) is 4.52 Å². The molecule has 1 aliphatic rings.